The van der Waals surface area contributed by atoms with E-state index in [0.717, 1.165) is 16.8 Å². The molecule has 1 aromatic rings. The van der Waals surface area contributed by atoms with Gasteiger partial charge in [0.15, 0.2) is 0 Å². The third-order valence-electron chi connectivity index (χ3n) is 3.39. The average Bonchev–Trinajstić information content (AvgIpc) is 2.24. The highest BCUT2D eigenvalue weighted by molar-refractivity contribution is 9.10. The quantitative estimate of drug-likeness (QED) is 0.913. The molecule has 0 bridgehead atoms. The molecule has 16 heavy (non-hydrogen) atoms. The minimum Gasteiger partial charge on any atom is -0.496 e. The fourth-order valence-corrected chi connectivity index (χ4v) is 2.61. The lowest BCUT2D eigenvalue weighted by Crippen LogP contribution is -2.47. The zero-order valence-electron chi connectivity index (χ0n) is 9.85. The van der Waals surface area contributed by atoms with Crippen molar-refractivity contribution in [2.75, 3.05) is 7.11 Å². The van der Waals surface area contributed by atoms with Crippen LogP contribution < -0.4 is 10.1 Å². The third-order valence-corrected chi connectivity index (χ3v) is 4.01. The first kappa shape index (κ1) is 11.9. The van der Waals surface area contributed by atoms with E-state index in [4.69, 9.17) is 4.74 Å². The zero-order valence-corrected chi connectivity index (χ0v) is 11.4. The van der Waals surface area contributed by atoms with Crippen molar-refractivity contribution >= 4 is 15.9 Å². The molecular weight excluding hydrogens is 266 g/mol. The van der Waals surface area contributed by atoms with E-state index in [1.165, 1.54) is 24.8 Å². The van der Waals surface area contributed by atoms with E-state index >= 15 is 0 Å². The Labute approximate surface area is 106 Å². The lowest BCUT2D eigenvalue weighted by atomic mass is 9.78. The molecule has 0 spiro atoms. The minimum atomic E-state index is 0.367. The molecule has 0 aromatic heterocycles. The molecule has 0 amide bonds. The van der Waals surface area contributed by atoms with Crippen LogP contribution in [0.15, 0.2) is 22.7 Å². The lowest BCUT2D eigenvalue weighted by molar-refractivity contribution is 0.207. The van der Waals surface area contributed by atoms with Gasteiger partial charge in [0.2, 0.25) is 0 Å². The van der Waals surface area contributed by atoms with E-state index in [-0.39, 0.29) is 0 Å². The standard InChI is InChI=1S/C13H18BrNO/c1-13(6-3-7-13)15-9-10-4-5-12(16-2)11(14)8-10/h4-5,8,15H,3,6-7,9H2,1-2H3. The van der Waals surface area contributed by atoms with Crippen molar-refractivity contribution in [2.24, 2.45) is 0 Å². The van der Waals surface area contributed by atoms with Crippen molar-refractivity contribution in [3.8, 4) is 5.75 Å². The summed E-state index contributed by atoms with van der Waals surface area (Å²) in [5, 5.41) is 3.61. The molecule has 2 rings (SSSR count). The van der Waals surface area contributed by atoms with Gasteiger partial charge in [-0.25, -0.2) is 0 Å². The minimum absolute atomic E-state index is 0.367. The van der Waals surface area contributed by atoms with Crippen LogP contribution in [0.25, 0.3) is 0 Å². The van der Waals surface area contributed by atoms with E-state index in [2.05, 4.69) is 40.3 Å². The molecule has 0 unspecified atom stereocenters. The number of hydrogen-bond donors (Lipinski definition) is 1. The molecule has 0 atom stereocenters. The molecule has 0 saturated heterocycles. The number of rotatable bonds is 4. The predicted molar refractivity (Wildman–Crippen MR) is 69.8 cm³/mol. The molecule has 88 valence electrons. The predicted octanol–water partition coefficient (Wildman–Crippen LogP) is 3.49. The highest BCUT2D eigenvalue weighted by Crippen LogP contribution is 2.31. The number of benzene rings is 1. The Morgan fingerprint density at radius 1 is 1.44 bits per heavy atom. The number of methoxy groups -OCH3 is 1. The maximum absolute atomic E-state index is 5.21. The second kappa shape index (κ2) is 4.76. The molecule has 3 heteroatoms. The van der Waals surface area contributed by atoms with Gasteiger partial charge >= 0.3 is 0 Å². The van der Waals surface area contributed by atoms with Crippen LogP contribution in [0, 0.1) is 0 Å². The van der Waals surface area contributed by atoms with Crippen LogP contribution in [-0.4, -0.2) is 12.6 Å². The van der Waals surface area contributed by atoms with Crippen LogP contribution in [0.5, 0.6) is 5.75 Å². The second-order valence-corrected chi connectivity index (χ2v) is 5.59. The van der Waals surface area contributed by atoms with Gasteiger partial charge in [0.05, 0.1) is 11.6 Å². The summed E-state index contributed by atoms with van der Waals surface area (Å²) in [6.45, 7) is 3.23. The van der Waals surface area contributed by atoms with Crippen LogP contribution >= 0.6 is 15.9 Å². The number of ether oxygens (including phenoxy) is 1. The van der Waals surface area contributed by atoms with Crippen LogP contribution in [-0.2, 0) is 6.54 Å². The summed E-state index contributed by atoms with van der Waals surface area (Å²) in [5.74, 6) is 0.888. The van der Waals surface area contributed by atoms with Gasteiger partial charge in [0, 0.05) is 12.1 Å². The van der Waals surface area contributed by atoms with Gasteiger partial charge in [-0.1, -0.05) is 6.07 Å². The summed E-state index contributed by atoms with van der Waals surface area (Å²) in [6.07, 6.45) is 3.95. The van der Waals surface area contributed by atoms with Crippen LogP contribution in [0.4, 0.5) is 0 Å². The zero-order chi connectivity index (χ0) is 11.6. The van der Waals surface area contributed by atoms with Gasteiger partial charge in [0.1, 0.15) is 5.75 Å². The van der Waals surface area contributed by atoms with E-state index in [1.807, 2.05) is 6.07 Å². The van der Waals surface area contributed by atoms with E-state index in [0.29, 0.717) is 5.54 Å². The number of halogens is 1. The Hall–Kier alpha value is -0.540. The Bertz CT molecular complexity index is 374. The Balaban J connectivity index is 1.97. The van der Waals surface area contributed by atoms with Crippen molar-refractivity contribution in [3.05, 3.63) is 28.2 Å². The Morgan fingerprint density at radius 2 is 2.19 bits per heavy atom. The van der Waals surface area contributed by atoms with Crippen LogP contribution in [0.2, 0.25) is 0 Å². The highest BCUT2D eigenvalue weighted by atomic mass is 79.9. The molecule has 0 radical (unpaired) electrons. The van der Waals surface area contributed by atoms with Gasteiger partial charge in [-0.15, -0.1) is 0 Å². The summed E-state index contributed by atoms with van der Waals surface area (Å²) < 4.78 is 6.23. The van der Waals surface area contributed by atoms with Gasteiger partial charge in [0.25, 0.3) is 0 Å². The summed E-state index contributed by atoms with van der Waals surface area (Å²) >= 11 is 3.51. The summed E-state index contributed by atoms with van der Waals surface area (Å²) in [7, 11) is 1.69. The van der Waals surface area contributed by atoms with Crippen molar-refractivity contribution < 1.29 is 4.74 Å². The number of hydrogen-bond acceptors (Lipinski definition) is 2. The molecule has 2 nitrogen and oxygen atoms in total. The average molecular weight is 284 g/mol. The van der Waals surface area contributed by atoms with Crippen molar-refractivity contribution in [1.82, 2.24) is 5.32 Å². The largest absolute Gasteiger partial charge is 0.496 e. The molecule has 1 saturated carbocycles. The topological polar surface area (TPSA) is 21.3 Å². The first-order chi connectivity index (χ1) is 7.63. The molecule has 1 aromatic carbocycles. The third kappa shape index (κ3) is 2.58. The molecular formula is C13H18BrNO. The molecule has 1 aliphatic rings. The smallest absolute Gasteiger partial charge is 0.133 e. The van der Waals surface area contributed by atoms with Crippen LogP contribution in [0.3, 0.4) is 0 Å². The van der Waals surface area contributed by atoms with Gasteiger partial charge < -0.3 is 10.1 Å². The normalized spacial score (nSPS) is 17.9. The van der Waals surface area contributed by atoms with E-state index in [1.54, 1.807) is 7.11 Å². The van der Waals surface area contributed by atoms with Crippen LogP contribution in [0.1, 0.15) is 31.7 Å². The summed E-state index contributed by atoms with van der Waals surface area (Å²) in [5.41, 5.74) is 1.66. The first-order valence-electron chi connectivity index (χ1n) is 5.70. The van der Waals surface area contributed by atoms with Gasteiger partial charge in [-0.05, 0) is 59.8 Å². The summed E-state index contributed by atoms with van der Waals surface area (Å²) in [6, 6.07) is 6.23. The maximum atomic E-state index is 5.21. The lowest BCUT2D eigenvalue weighted by Gasteiger charge is -2.39. The molecule has 0 aliphatic heterocycles. The SMILES string of the molecule is COc1ccc(CNC2(C)CCC2)cc1Br. The van der Waals surface area contributed by atoms with Crippen molar-refractivity contribution in [2.45, 2.75) is 38.3 Å². The highest BCUT2D eigenvalue weighted by Gasteiger charge is 2.30. The summed E-state index contributed by atoms with van der Waals surface area (Å²) in [4.78, 5) is 0. The first-order valence-corrected chi connectivity index (χ1v) is 6.50. The maximum Gasteiger partial charge on any atom is 0.133 e. The van der Waals surface area contributed by atoms with Crippen molar-refractivity contribution in [3.63, 3.8) is 0 Å². The fourth-order valence-electron chi connectivity index (χ4n) is 2.02. The van der Waals surface area contributed by atoms with E-state index in [9.17, 15) is 0 Å². The molecule has 1 N–H and O–H groups in total. The van der Waals surface area contributed by atoms with E-state index < -0.39 is 0 Å². The molecule has 0 heterocycles. The second-order valence-electron chi connectivity index (χ2n) is 4.74. The molecule has 1 aliphatic carbocycles. The fraction of sp³-hybridized carbons (Fsp3) is 0.538. The molecule has 1 fully saturated rings. The Morgan fingerprint density at radius 3 is 2.69 bits per heavy atom. The van der Waals surface area contributed by atoms with Gasteiger partial charge in [-0.3, -0.25) is 0 Å². The Kier molecular flexibility index (Phi) is 3.55. The monoisotopic (exact) mass is 283 g/mol. The van der Waals surface area contributed by atoms with Crippen molar-refractivity contribution in [1.29, 1.82) is 0 Å². The number of nitrogens with one attached hydrogen (secondary N) is 1. The van der Waals surface area contributed by atoms with Gasteiger partial charge in [-0.2, -0.15) is 0 Å².